The Morgan fingerprint density at radius 2 is 1.59 bits per heavy atom. The SMILES string of the molecule is Cc1[nH]n(-c2ccccc2)c(=O)c1/N=N/c1c(O)cc(C(=O)O)c2ccccc12. The highest BCUT2D eigenvalue weighted by Gasteiger charge is 2.17. The molecular formula is C21H16N4O4. The molecule has 1 aromatic heterocycles. The van der Waals surface area contributed by atoms with Gasteiger partial charge in [0.05, 0.1) is 16.9 Å². The molecule has 0 spiro atoms. The van der Waals surface area contributed by atoms with E-state index in [2.05, 4.69) is 15.3 Å². The van der Waals surface area contributed by atoms with Crippen LogP contribution in [0.2, 0.25) is 0 Å². The van der Waals surface area contributed by atoms with Crippen molar-refractivity contribution in [3.63, 3.8) is 0 Å². The predicted molar refractivity (Wildman–Crippen MR) is 108 cm³/mol. The Morgan fingerprint density at radius 3 is 2.28 bits per heavy atom. The molecule has 29 heavy (non-hydrogen) atoms. The Labute approximate surface area is 164 Å². The summed E-state index contributed by atoms with van der Waals surface area (Å²) < 4.78 is 1.36. The summed E-state index contributed by atoms with van der Waals surface area (Å²) in [6.45, 7) is 1.70. The van der Waals surface area contributed by atoms with Gasteiger partial charge in [0.2, 0.25) is 0 Å². The fourth-order valence-electron chi connectivity index (χ4n) is 3.14. The third-order valence-corrected chi connectivity index (χ3v) is 4.53. The summed E-state index contributed by atoms with van der Waals surface area (Å²) in [4.78, 5) is 24.2. The molecule has 0 saturated heterocycles. The number of azo groups is 1. The van der Waals surface area contributed by atoms with Crippen LogP contribution in [0.4, 0.5) is 11.4 Å². The van der Waals surface area contributed by atoms with E-state index in [1.54, 1.807) is 43.3 Å². The number of hydrogen-bond acceptors (Lipinski definition) is 5. The van der Waals surface area contributed by atoms with Crippen molar-refractivity contribution in [2.45, 2.75) is 6.92 Å². The van der Waals surface area contributed by atoms with Crippen molar-refractivity contribution in [3.05, 3.63) is 82.3 Å². The Kier molecular flexibility index (Phi) is 4.44. The molecule has 4 aromatic rings. The third kappa shape index (κ3) is 3.16. The molecule has 0 radical (unpaired) electrons. The van der Waals surface area contributed by atoms with Crippen LogP contribution in [-0.4, -0.2) is 26.0 Å². The standard InChI is InChI=1S/C21H16N4O4/c1-12-18(20(27)25(24-12)13-7-3-2-4-8-13)22-23-19-15-10-6-5-9-14(15)16(21(28)29)11-17(19)26/h2-11,24,26H,1H3,(H,28,29)/b23-22+. The van der Waals surface area contributed by atoms with E-state index < -0.39 is 5.97 Å². The number of aromatic amines is 1. The maximum Gasteiger partial charge on any atom is 0.336 e. The van der Waals surface area contributed by atoms with Crippen molar-refractivity contribution < 1.29 is 15.0 Å². The van der Waals surface area contributed by atoms with Gasteiger partial charge in [-0.2, -0.15) is 0 Å². The van der Waals surface area contributed by atoms with E-state index in [-0.39, 0.29) is 28.2 Å². The molecule has 3 aromatic carbocycles. The van der Waals surface area contributed by atoms with Crippen LogP contribution in [0, 0.1) is 6.92 Å². The van der Waals surface area contributed by atoms with Gasteiger partial charge in [-0.05, 0) is 30.5 Å². The Balaban J connectivity index is 1.84. The van der Waals surface area contributed by atoms with Crippen LogP contribution in [0.5, 0.6) is 5.75 Å². The molecule has 0 amide bonds. The third-order valence-electron chi connectivity index (χ3n) is 4.53. The van der Waals surface area contributed by atoms with Gasteiger partial charge in [-0.25, -0.2) is 9.48 Å². The first-order valence-corrected chi connectivity index (χ1v) is 8.74. The van der Waals surface area contributed by atoms with Crippen LogP contribution in [-0.2, 0) is 0 Å². The summed E-state index contributed by atoms with van der Waals surface area (Å²) in [7, 11) is 0. The Hall–Kier alpha value is -4.20. The number of nitrogens with zero attached hydrogens (tertiary/aromatic N) is 3. The van der Waals surface area contributed by atoms with Gasteiger partial charge in [0.25, 0.3) is 5.56 Å². The summed E-state index contributed by atoms with van der Waals surface area (Å²) >= 11 is 0. The van der Waals surface area contributed by atoms with Gasteiger partial charge in [-0.1, -0.05) is 42.5 Å². The zero-order chi connectivity index (χ0) is 20.5. The molecule has 0 bridgehead atoms. The molecule has 8 heteroatoms. The summed E-state index contributed by atoms with van der Waals surface area (Å²) in [5, 5.41) is 31.6. The number of carboxylic acid groups (broad SMARTS) is 1. The topological polar surface area (TPSA) is 120 Å². The first-order chi connectivity index (χ1) is 14.0. The number of carbonyl (C=O) groups is 1. The van der Waals surface area contributed by atoms with E-state index in [9.17, 15) is 19.8 Å². The number of nitrogens with one attached hydrogen (secondary N) is 1. The minimum Gasteiger partial charge on any atom is -0.506 e. The number of phenols is 1. The number of H-pyrrole nitrogens is 1. The van der Waals surface area contributed by atoms with Gasteiger partial charge in [0.15, 0.2) is 5.69 Å². The largest absolute Gasteiger partial charge is 0.506 e. The van der Waals surface area contributed by atoms with Crippen molar-refractivity contribution in [2.24, 2.45) is 10.2 Å². The number of aromatic carboxylic acids is 1. The molecular weight excluding hydrogens is 372 g/mol. The average molecular weight is 388 g/mol. The molecule has 0 aliphatic heterocycles. The first-order valence-electron chi connectivity index (χ1n) is 8.74. The molecule has 1 heterocycles. The maximum absolute atomic E-state index is 12.7. The van der Waals surface area contributed by atoms with Crippen LogP contribution in [0.25, 0.3) is 16.5 Å². The lowest BCUT2D eigenvalue weighted by molar-refractivity contribution is 0.0698. The van der Waals surface area contributed by atoms with E-state index >= 15 is 0 Å². The summed E-state index contributed by atoms with van der Waals surface area (Å²) in [5.74, 6) is -1.49. The number of carboxylic acids is 1. The smallest absolute Gasteiger partial charge is 0.336 e. The minimum absolute atomic E-state index is 0.0405. The van der Waals surface area contributed by atoms with Gasteiger partial charge in [-0.15, -0.1) is 10.2 Å². The molecule has 0 fully saturated rings. The fraction of sp³-hybridized carbons (Fsp3) is 0.0476. The van der Waals surface area contributed by atoms with Crippen LogP contribution < -0.4 is 5.56 Å². The monoisotopic (exact) mass is 388 g/mol. The maximum atomic E-state index is 12.7. The summed E-state index contributed by atoms with van der Waals surface area (Å²) in [6.07, 6.45) is 0. The number of aromatic hydroxyl groups is 1. The molecule has 0 unspecified atom stereocenters. The lowest BCUT2D eigenvalue weighted by Gasteiger charge is -2.07. The number of phenolic OH excluding ortho intramolecular Hbond substituents is 1. The van der Waals surface area contributed by atoms with Crippen molar-refractivity contribution in [3.8, 4) is 11.4 Å². The number of benzene rings is 3. The zero-order valence-electron chi connectivity index (χ0n) is 15.3. The molecule has 0 atom stereocenters. The number of para-hydroxylation sites is 1. The van der Waals surface area contributed by atoms with Crippen LogP contribution in [0.15, 0.2) is 75.7 Å². The number of aryl methyl sites for hydroxylation is 1. The van der Waals surface area contributed by atoms with E-state index in [1.165, 1.54) is 4.68 Å². The second kappa shape index (κ2) is 7.08. The second-order valence-electron chi connectivity index (χ2n) is 6.40. The highest BCUT2D eigenvalue weighted by Crippen LogP contribution is 2.38. The number of aromatic nitrogens is 2. The normalized spacial score (nSPS) is 11.3. The number of hydrogen-bond donors (Lipinski definition) is 3. The van der Waals surface area contributed by atoms with Gasteiger partial charge in [0.1, 0.15) is 11.4 Å². The van der Waals surface area contributed by atoms with Gasteiger partial charge in [0, 0.05) is 5.39 Å². The van der Waals surface area contributed by atoms with Crippen LogP contribution in [0.3, 0.4) is 0 Å². The summed E-state index contributed by atoms with van der Waals surface area (Å²) in [5.41, 5.74) is 0.927. The average Bonchev–Trinajstić information content (AvgIpc) is 3.01. The van der Waals surface area contributed by atoms with Crippen LogP contribution >= 0.6 is 0 Å². The molecule has 0 aliphatic rings. The molecule has 3 N–H and O–H groups in total. The van der Waals surface area contributed by atoms with Crippen molar-refractivity contribution in [2.75, 3.05) is 0 Å². The fourth-order valence-corrected chi connectivity index (χ4v) is 3.14. The van der Waals surface area contributed by atoms with Gasteiger partial charge < -0.3 is 10.2 Å². The van der Waals surface area contributed by atoms with Crippen molar-refractivity contribution in [1.82, 2.24) is 9.78 Å². The predicted octanol–water partition coefficient (Wildman–Crippen LogP) is 4.45. The molecule has 0 aliphatic carbocycles. The molecule has 0 saturated carbocycles. The highest BCUT2D eigenvalue weighted by atomic mass is 16.4. The first kappa shape index (κ1) is 18.2. The van der Waals surface area contributed by atoms with Crippen molar-refractivity contribution in [1.29, 1.82) is 0 Å². The zero-order valence-corrected chi connectivity index (χ0v) is 15.3. The molecule has 8 nitrogen and oxygen atoms in total. The number of rotatable bonds is 4. The lowest BCUT2D eigenvalue weighted by Crippen LogP contribution is -2.13. The summed E-state index contributed by atoms with van der Waals surface area (Å²) in [6, 6.07) is 16.8. The Morgan fingerprint density at radius 1 is 0.966 bits per heavy atom. The number of fused-ring (bicyclic) bond motifs is 1. The second-order valence-corrected chi connectivity index (χ2v) is 6.40. The molecule has 4 rings (SSSR count). The van der Waals surface area contributed by atoms with E-state index in [4.69, 9.17) is 0 Å². The van der Waals surface area contributed by atoms with Crippen LogP contribution in [0.1, 0.15) is 16.1 Å². The van der Waals surface area contributed by atoms with E-state index in [0.29, 0.717) is 22.2 Å². The van der Waals surface area contributed by atoms with Crippen molar-refractivity contribution >= 4 is 28.1 Å². The quantitative estimate of drug-likeness (QED) is 0.447. The van der Waals surface area contributed by atoms with E-state index in [1.807, 2.05) is 18.2 Å². The Bertz CT molecular complexity index is 1320. The van der Waals surface area contributed by atoms with E-state index in [0.717, 1.165) is 6.07 Å². The highest BCUT2D eigenvalue weighted by molar-refractivity contribution is 6.08. The van der Waals surface area contributed by atoms with Gasteiger partial charge in [-0.3, -0.25) is 9.89 Å². The lowest BCUT2D eigenvalue weighted by atomic mass is 10.0. The van der Waals surface area contributed by atoms with Gasteiger partial charge >= 0.3 is 5.97 Å². The molecule has 144 valence electrons. The minimum atomic E-state index is -1.16.